The van der Waals surface area contributed by atoms with Gasteiger partial charge < -0.3 is 15.1 Å². The first kappa shape index (κ1) is 20.8. The molecule has 0 saturated carbocycles. The molecule has 0 spiro atoms. The maximum absolute atomic E-state index is 12.6. The zero-order valence-corrected chi connectivity index (χ0v) is 17.3. The Bertz CT molecular complexity index is 653. The lowest BCUT2D eigenvalue weighted by Crippen LogP contribution is -2.30. The van der Waals surface area contributed by atoms with Crippen LogP contribution in [-0.4, -0.2) is 73.3 Å². The topological polar surface area (TPSA) is 55.9 Å². The molecule has 1 aromatic rings. The quantitative estimate of drug-likeness (QED) is 0.745. The van der Waals surface area contributed by atoms with E-state index in [9.17, 15) is 9.59 Å². The Morgan fingerprint density at radius 2 is 1.86 bits per heavy atom. The second-order valence-electron chi connectivity index (χ2n) is 8.42. The number of nitrogens with one attached hydrogen (secondary N) is 1. The number of carbonyl (C=O) groups excluding carboxylic acids is 2. The van der Waals surface area contributed by atoms with E-state index in [2.05, 4.69) is 27.2 Å². The van der Waals surface area contributed by atoms with E-state index in [1.807, 2.05) is 31.1 Å². The minimum atomic E-state index is -0.250. The summed E-state index contributed by atoms with van der Waals surface area (Å²) in [7, 11) is 4.06. The van der Waals surface area contributed by atoms with Crippen LogP contribution in [0.4, 0.5) is 5.69 Å². The van der Waals surface area contributed by atoms with Crippen LogP contribution in [-0.2, 0) is 16.1 Å². The number of likely N-dealkylation sites (tertiary alicyclic amines) is 2. The molecule has 0 aliphatic carbocycles. The number of rotatable bonds is 8. The Morgan fingerprint density at radius 3 is 2.54 bits per heavy atom. The van der Waals surface area contributed by atoms with Crippen LogP contribution in [0.5, 0.6) is 0 Å². The molecule has 28 heavy (non-hydrogen) atoms. The van der Waals surface area contributed by atoms with E-state index < -0.39 is 0 Å². The SMILES string of the molecule is CN(C)CCCN1CC(C(=O)Nc2ccc(CN3CCCCC3)cc2)CC1=O. The lowest BCUT2D eigenvalue weighted by molar-refractivity contribution is -0.128. The maximum atomic E-state index is 12.6. The van der Waals surface area contributed by atoms with Gasteiger partial charge in [0.25, 0.3) is 0 Å². The van der Waals surface area contributed by atoms with Gasteiger partial charge >= 0.3 is 0 Å². The highest BCUT2D eigenvalue weighted by Gasteiger charge is 2.33. The molecule has 2 aliphatic heterocycles. The number of carbonyl (C=O) groups is 2. The number of nitrogens with zero attached hydrogens (tertiary/aromatic N) is 3. The first-order chi connectivity index (χ1) is 13.5. The summed E-state index contributed by atoms with van der Waals surface area (Å²) in [4.78, 5) is 31.2. The Hall–Kier alpha value is -1.92. The summed E-state index contributed by atoms with van der Waals surface area (Å²) in [6.07, 6.45) is 5.19. The van der Waals surface area contributed by atoms with Crippen molar-refractivity contribution >= 4 is 17.5 Å². The second kappa shape index (κ2) is 10.0. The van der Waals surface area contributed by atoms with E-state index in [1.165, 1.54) is 37.9 Å². The van der Waals surface area contributed by atoms with Gasteiger partial charge in [0.05, 0.1) is 5.92 Å². The molecule has 6 heteroatoms. The highest BCUT2D eigenvalue weighted by molar-refractivity contribution is 5.97. The summed E-state index contributed by atoms with van der Waals surface area (Å²) >= 11 is 0. The molecule has 0 radical (unpaired) electrons. The lowest BCUT2D eigenvalue weighted by Gasteiger charge is -2.26. The lowest BCUT2D eigenvalue weighted by atomic mass is 10.1. The number of hydrogen-bond donors (Lipinski definition) is 1. The van der Waals surface area contributed by atoms with E-state index in [0.717, 1.165) is 31.7 Å². The Labute approximate surface area is 168 Å². The number of anilines is 1. The van der Waals surface area contributed by atoms with Gasteiger partial charge in [-0.2, -0.15) is 0 Å². The fourth-order valence-electron chi connectivity index (χ4n) is 4.06. The van der Waals surface area contributed by atoms with Crippen molar-refractivity contribution in [3.05, 3.63) is 29.8 Å². The Morgan fingerprint density at radius 1 is 1.14 bits per heavy atom. The van der Waals surface area contributed by atoms with E-state index in [-0.39, 0.29) is 17.7 Å². The molecule has 154 valence electrons. The van der Waals surface area contributed by atoms with Crippen LogP contribution in [0.3, 0.4) is 0 Å². The molecule has 2 saturated heterocycles. The summed E-state index contributed by atoms with van der Waals surface area (Å²) < 4.78 is 0. The van der Waals surface area contributed by atoms with Gasteiger partial charge in [-0.1, -0.05) is 18.6 Å². The van der Waals surface area contributed by atoms with Gasteiger partial charge in [-0.05, 0) is 70.7 Å². The smallest absolute Gasteiger partial charge is 0.229 e. The van der Waals surface area contributed by atoms with Gasteiger partial charge in [0.2, 0.25) is 11.8 Å². The average Bonchev–Trinajstić information content (AvgIpc) is 3.05. The summed E-state index contributed by atoms with van der Waals surface area (Å²) in [5, 5.41) is 2.99. The van der Waals surface area contributed by atoms with E-state index in [4.69, 9.17) is 0 Å². The largest absolute Gasteiger partial charge is 0.342 e. The van der Waals surface area contributed by atoms with E-state index >= 15 is 0 Å². The summed E-state index contributed by atoms with van der Waals surface area (Å²) in [6, 6.07) is 8.14. The van der Waals surface area contributed by atoms with E-state index in [0.29, 0.717) is 13.0 Å². The first-order valence-corrected chi connectivity index (χ1v) is 10.6. The van der Waals surface area contributed by atoms with Crippen molar-refractivity contribution in [1.29, 1.82) is 0 Å². The fourth-order valence-corrected chi connectivity index (χ4v) is 4.06. The third-order valence-electron chi connectivity index (χ3n) is 5.69. The molecule has 0 aromatic heterocycles. The van der Waals surface area contributed by atoms with Crippen LogP contribution >= 0.6 is 0 Å². The summed E-state index contributed by atoms with van der Waals surface area (Å²) in [5.41, 5.74) is 2.09. The Balaban J connectivity index is 1.45. The third-order valence-corrected chi connectivity index (χ3v) is 5.69. The summed E-state index contributed by atoms with van der Waals surface area (Å²) in [5.74, 6) is -0.206. The molecular formula is C22H34N4O2. The molecule has 1 N–H and O–H groups in total. The van der Waals surface area contributed by atoms with Crippen molar-refractivity contribution in [2.24, 2.45) is 5.92 Å². The molecule has 3 rings (SSSR count). The zero-order valence-electron chi connectivity index (χ0n) is 17.3. The highest BCUT2D eigenvalue weighted by Crippen LogP contribution is 2.21. The normalized spacial score (nSPS) is 20.8. The monoisotopic (exact) mass is 386 g/mol. The number of amides is 2. The zero-order chi connectivity index (χ0) is 19.9. The molecule has 1 atom stereocenters. The number of hydrogen-bond acceptors (Lipinski definition) is 4. The minimum Gasteiger partial charge on any atom is -0.342 e. The second-order valence-corrected chi connectivity index (χ2v) is 8.42. The number of piperidine rings is 1. The van der Waals surface area contributed by atoms with Gasteiger partial charge in [-0.3, -0.25) is 14.5 Å². The number of benzene rings is 1. The van der Waals surface area contributed by atoms with Crippen molar-refractivity contribution < 1.29 is 9.59 Å². The van der Waals surface area contributed by atoms with Crippen LogP contribution in [0.2, 0.25) is 0 Å². The van der Waals surface area contributed by atoms with Gasteiger partial charge in [-0.15, -0.1) is 0 Å². The summed E-state index contributed by atoms with van der Waals surface area (Å²) in [6.45, 7) is 5.55. The molecular weight excluding hydrogens is 352 g/mol. The maximum Gasteiger partial charge on any atom is 0.229 e. The minimum absolute atomic E-state index is 0.0489. The van der Waals surface area contributed by atoms with Crippen LogP contribution in [0.15, 0.2) is 24.3 Å². The molecule has 2 aliphatic rings. The molecule has 6 nitrogen and oxygen atoms in total. The highest BCUT2D eigenvalue weighted by atomic mass is 16.2. The predicted molar refractivity (Wildman–Crippen MR) is 112 cm³/mol. The van der Waals surface area contributed by atoms with Gasteiger partial charge in [-0.25, -0.2) is 0 Å². The molecule has 1 aromatic carbocycles. The predicted octanol–water partition coefficient (Wildman–Crippen LogP) is 2.41. The average molecular weight is 387 g/mol. The molecule has 1 unspecified atom stereocenters. The van der Waals surface area contributed by atoms with Gasteiger partial charge in [0.15, 0.2) is 0 Å². The van der Waals surface area contributed by atoms with Crippen molar-refractivity contribution in [3.8, 4) is 0 Å². The van der Waals surface area contributed by atoms with Crippen LogP contribution in [0.25, 0.3) is 0 Å². The van der Waals surface area contributed by atoms with E-state index in [1.54, 1.807) is 0 Å². The Kier molecular flexibility index (Phi) is 7.45. The molecule has 0 bridgehead atoms. The first-order valence-electron chi connectivity index (χ1n) is 10.6. The standard InChI is InChI=1S/C22H34N4O2/c1-24(2)11-6-14-26-17-19(15-21(26)27)22(28)23-20-9-7-18(8-10-20)16-25-12-4-3-5-13-25/h7-10,19H,3-6,11-17H2,1-2H3,(H,23,28). The fraction of sp³-hybridized carbons (Fsp3) is 0.636. The van der Waals surface area contributed by atoms with Crippen molar-refractivity contribution in [2.45, 2.75) is 38.6 Å². The third kappa shape index (κ3) is 6.04. The van der Waals surface area contributed by atoms with Crippen LogP contribution in [0.1, 0.15) is 37.7 Å². The van der Waals surface area contributed by atoms with Gasteiger partial charge in [0, 0.05) is 31.7 Å². The van der Waals surface area contributed by atoms with Crippen LogP contribution in [0, 0.1) is 5.92 Å². The van der Waals surface area contributed by atoms with Crippen molar-refractivity contribution in [2.75, 3.05) is 52.1 Å². The molecule has 2 heterocycles. The van der Waals surface area contributed by atoms with Crippen LogP contribution < -0.4 is 5.32 Å². The molecule has 2 amide bonds. The van der Waals surface area contributed by atoms with Crippen molar-refractivity contribution in [3.63, 3.8) is 0 Å². The van der Waals surface area contributed by atoms with Gasteiger partial charge in [0.1, 0.15) is 0 Å². The molecule has 2 fully saturated rings. The van der Waals surface area contributed by atoms with Crippen molar-refractivity contribution in [1.82, 2.24) is 14.7 Å².